The topological polar surface area (TPSA) is 79.1 Å². The summed E-state index contributed by atoms with van der Waals surface area (Å²) in [5, 5.41) is 0. The van der Waals surface area contributed by atoms with Crippen LogP contribution in [0.15, 0.2) is 57.5 Å². The fourth-order valence-electron chi connectivity index (χ4n) is 4.08. The van der Waals surface area contributed by atoms with Gasteiger partial charge in [0.1, 0.15) is 5.82 Å². The molecule has 0 spiro atoms. The first-order valence-corrected chi connectivity index (χ1v) is 13.5. The zero-order valence-electron chi connectivity index (χ0n) is 21.0. The third-order valence-electron chi connectivity index (χ3n) is 5.61. The molecular weight excluding hydrogens is 610 g/mol. The number of ether oxygens (including phenoxy) is 3. The van der Waals surface area contributed by atoms with E-state index in [-0.39, 0.29) is 23.8 Å². The third-order valence-corrected chi connectivity index (χ3v) is 7.39. The minimum absolute atomic E-state index is 0.0275. The second-order valence-electron chi connectivity index (χ2n) is 8.55. The summed E-state index contributed by atoms with van der Waals surface area (Å²) in [6, 6.07) is 8.66. The van der Waals surface area contributed by atoms with Gasteiger partial charge in [0.25, 0.3) is 5.56 Å². The number of methoxy groups -OCH3 is 1. The van der Waals surface area contributed by atoms with Crippen molar-refractivity contribution >= 4 is 46.0 Å². The van der Waals surface area contributed by atoms with Gasteiger partial charge in [0.05, 0.1) is 45.2 Å². The number of carbonyl (C=O) groups is 1. The van der Waals surface area contributed by atoms with Crippen molar-refractivity contribution in [2.75, 3.05) is 13.7 Å². The van der Waals surface area contributed by atoms with Gasteiger partial charge in [-0.3, -0.25) is 9.36 Å². The number of allylic oxidation sites excluding steroid dienone is 1. The van der Waals surface area contributed by atoms with Crippen LogP contribution in [0.5, 0.6) is 11.5 Å². The Hall–Kier alpha value is -2.99. The maximum Gasteiger partial charge on any atom is 0.338 e. The minimum Gasteiger partial charge on any atom is -0.493 e. The summed E-state index contributed by atoms with van der Waals surface area (Å²) in [5.41, 5.74) is 1.72. The first kappa shape index (κ1) is 27.1. The van der Waals surface area contributed by atoms with Gasteiger partial charge in [-0.1, -0.05) is 23.5 Å². The molecule has 2 aromatic carbocycles. The summed E-state index contributed by atoms with van der Waals surface area (Å²) in [6.07, 6.45) is 1.74. The molecule has 2 heterocycles. The van der Waals surface area contributed by atoms with Gasteiger partial charge < -0.3 is 14.2 Å². The second kappa shape index (κ2) is 11.2. The van der Waals surface area contributed by atoms with Crippen molar-refractivity contribution in [1.29, 1.82) is 0 Å². The number of carbonyl (C=O) groups excluding carboxylic acids is 1. The molecule has 0 N–H and O–H groups in total. The molecular formula is C27H26FIN2O5S. The van der Waals surface area contributed by atoms with Gasteiger partial charge in [-0.25, -0.2) is 14.2 Å². The van der Waals surface area contributed by atoms with Crippen LogP contribution in [0.4, 0.5) is 4.39 Å². The van der Waals surface area contributed by atoms with Crippen LogP contribution in [-0.2, 0) is 9.53 Å². The Balaban J connectivity index is 1.91. The molecule has 3 aromatic rings. The van der Waals surface area contributed by atoms with Crippen LogP contribution in [-0.4, -0.2) is 30.4 Å². The quantitative estimate of drug-likeness (QED) is 0.285. The number of halogens is 2. The predicted molar refractivity (Wildman–Crippen MR) is 148 cm³/mol. The van der Waals surface area contributed by atoms with E-state index in [2.05, 4.69) is 27.6 Å². The van der Waals surface area contributed by atoms with E-state index in [1.165, 1.54) is 28.0 Å². The van der Waals surface area contributed by atoms with Gasteiger partial charge in [-0.2, -0.15) is 0 Å². The molecule has 0 fully saturated rings. The second-order valence-corrected chi connectivity index (χ2v) is 10.7. The molecule has 1 aliphatic heterocycles. The highest BCUT2D eigenvalue weighted by Gasteiger charge is 2.33. The molecule has 1 aromatic heterocycles. The Labute approximate surface area is 231 Å². The van der Waals surface area contributed by atoms with E-state index in [1.54, 1.807) is 39.2 Å². The molecule has 37 heavy (non-hydrogen) atoms. The number of rotatable bonds is 7. The number of thiazole rings is 1. The van der Waals surface area contributed by atoms with Crippen LogP contribution in [0.25, 0.3) is 6.08 Å². The number of aromatic nitrogens is 1. The van der Waals surface area contributed by atoms with Crippen LogP contribution in [0.3, 0.4) is 0 Å². The van der Waals surface area contributed by atoms with Gasteiger partial charge in [0.2, 0.25) is 0 Å². The van der Waals surface area contributed by atoms with Gasteiger partial charge in [-0.15, -0.1) is 0 Å². The molecule has 0 aliphatic carbocycles. The van der Waals surface area contributed by atoms with Crippen LogP contribution in [0, 0.1) is 9.39 Å². The van der Waals surface area contributed by atoms with Crippen molar-refractivity contribution in [2.45, 2.75) is 39.8 Å². The Bertz CT molecular complexity index is 1560. The van der Waals surface area contributed by atoms with Crippen molar-refractivity contribution < 1.29 is 23.4 Å². The third kappa shape index (κ3) is 5.49. The smallest absolute Gasteiger partial charge is 0.338 e. The van der Waals surface area contributed by atoms with E-state index in [0.29, 0.717) is 32.1 Å². The van der Waals surface area contributed by atoms with Crippen molar-refractivity contribution in [3.63, 3.8) is 0 Å². The lowest BCUT2D eigenvalue weighted by atomic mass is 9.96. The molecule has 0 amide bonds. The Morgan fingerprint density at radius 2 is 1.97 bits per heavy atom. The highest BCUT2D eigenvalue weighted by Crippen LogP contribution is 2.35. The summed E-state index contributed by atoms with van der Waals surface area (Å²) >= 11 is 3.39. The molecule has 0 unspecified atom stereocenters. The average Bonchev–Trinajstić information content (AvgIpc) is 3.14. The van der Waals surface area contributed by atoms with Crippen LogP contribution in [0.2, 0.25) is 0 Å². The molecule has 7 nitrogen and oxygen atoms in total. The molecule has 0 saturated carbocycles. The summed E-state index contributed by atoms with van der Waals surface area (Å²) in [5.74, 6) is 0.224. The zero-order valence-corrected chi connectivity index (χ0v) is 24.0. The molecule has 10 heteroatoms. The SMILES string of the molecule is CCOC(=O)C1=C(C)N=c2s/c(=C\c3cc(I)c(OC(C)C)c(OC)c3)c(=O)n2[C@@H]1c1ccc(F)cc1. The number of nitrogens with zero attached hydrogens (tertiary/aromatic N) is 2. The molecule has 0 radical (unpaired) electrons. The molecule has 0 saturated heterocycles. The molecule has 1 aliphatic rings. The largest absolute Gasteiger partial charge is 0.493 e. The van der Waals surface area contributed by atoms with E-state index in [4.69, 9.17) is 14.2 Å². The van der Waals surface area contributed by atoms with Crippen molar-refractivity contribution in [3.05, 3.63) is 87.9 Å². The van der Waals surface area contributed by atoms with Crippen LogP contribution in [0.1, 0.15) is 44.9 Å². The van der Waals surface area contributed by atoms with Gasteiger partial charge >= 0.3 is 5.97 Å². The van der Waals surface area contributed by atoms with Crippen LogP contribution < -0.4 is 24.4 Å². The zero-order chi connectivity index (χ0) is 26.9. The molecule has 1 atom stereocenters. The molecule has 4 rings (SSSR count). The number of hydrogen-bond donors (Lipinski definition) is 0. The van der Waals surface area contributed by atoms with E-state index >= 15 is 0 Å². The number of benzene rings is 2. The van der Waals surface area contributed by atoms with Gasteiger partial charge in [0, 0.05) is 0 Å². The first-order valence-electron chi connectivity index (χ1n) is 11.6. The van der Waals surface area contributed by atoms with Crippen molar-refractivity contribution in [2.24, 2.45) is 4.99 Å². The summed E-state index contributed by atoms with van der Waals surface area (Å²) in [6.45, 7) is 7.47. The maximum absolute atomic E-state index is 13.7. The number of fused-ring (bicyclic) bond motifs is 1. The monoisotopic (exact) mass is 636 g/mol. The van der Waals surface area contributed by atoms with E-state index in [9.17, 15) is 14.0 Å². The van der Waals surface area contributed by atoms with Crippen LogP contribution >= 0.6 is 33.9 Å². The van der Waals surface area contributed by atoms with Gasteiger partial charge in [0.15, 0.2) is 16.3 Å². The predicted octanol–water partition coefficient (Wildman–Crippen LogP) is 4.34. The molecule has 0 bridgehead atoms. The fourth-order valence-corrected chi connectivity index (χ4v) is 5.88. The van der Waals surface area contributed by atoms with E-state index in [0.717, 1.165) is 9.13 Å². The highest BCUT2D eigenvalue weighted by atomic mass is 127. The number of esters is 1. The normalized spacial score (nSPS) is 15.5. The van der Waals surface area contributed by atoms with E-state index in [1.807, 2.05) is 26.0 Å². The summed E-state index contributed by atoms with van der Waals surface area (Å²) < 4.78 is 33.2. The van der Waals surface area contributed by atoms with Gasteiger partial charge in [-0.05, 0) is 91.8 Å². The number of hydrogen-bond acceptors (Lipinski definition) is 7. The molecule has 194 valence electrons. The lowest BCUT2D eigenvalue weighted by Gasteiger charge is -2.24. The Morgan fingerprint density at radius 3 is 2.59 bits per heavy atom. The van der Waals surface area contributed by atoms with E-state index < -0.39 is 17.8 Å². The average molecular weight is 636 g/mol. The summed E-state index contributed by atoms with van der Waals surface area (Å²) in [7, 11) is 1.57. The highest BCUT2D eigenvalue weighted by molar-refractivity contribution is 14.1. The Morgan fingerprint density at radius 1 is 1.27 bits per heavy atom. The maximum atomic E-state index is 13.7. The fraction of sp³-hybridized carbons (Fsp3) is 0.296. The first-order chi connectivity index (χ1) is 17.6. The summed E-state index contributed by atoms with van der Waals surface area (Å²) in [4.78, 5) is 31.7. The van der Waals surface area contributed by atoms with Crippen molar-refractivity contribution in [3.8, 4) is 11.5 Å². The van der Waals surface area contributed by atoms with Crippen molar-refractivity contribution in [1.82, 2.24) is 4.57 Å². The standard InChI is InChI=1S/C27H26FIN2O5S/c1-6-35-26(33)22-15(4)30-27-31(23(22)17-7-9-18(28)10-8-17)25(32)21(37-27)13-16-11-19(29)24(36-14(2)3)20(12-16)34-5/h7-14,23H,6H2,1-5H3/b21-13-/t23-/m1/s1. The minimum atomic E-state index is -0.797. The Kier molecular flexibility index (Phi) is 8.17. The lowest BCUT2D eigenvalue weighted by molar-refractivity contribution is -0.139. The lowest BCUT2D eigenvalue weighted by Crippen LogP contribution is -2.39.